The average Bonchev–Trinajstić information content (AvgIpc) is 2.75. The quantitative estimate of drug-likeness (QED) is 0.602. The van der Waals surface area contributed by atoms with Crippen molar-refractivity contribution in [1.29, 1.82) is 0 Å². The predicted octanol–water partition coefficient (Wildman–Crippen LogP) is 4.98. The number of nitrogens with one attached hydrogen (secondary N) is 1. The van der Waals surface area contributed by atoms with Gasteiger partial charge in [-0.05, 0) is 55.7 Å². The van der Waals surface area contributed by atoms with Crippen molar-refractivity contribution in [3.63, 3.8) is 0 Å². The van der Waals surface area contributed by atoms with Gasteiger partial charge >= 0.3 is 6.18 Å². The van der Waals surface area contributed by atoms with E-state index in [0.29, 0.717) is 12.1 Å². The van der Waals surface area contributed by atoms with Gasteiger partial charge in [0.25, 0.3) is 0 Å². The van der Waals surface area contributed by atoms with Crippen LogP contribution in [0, 0.1) is 0 Å². The van der Waals surface area contributed by atoms with Gasteiger partial charge < -0.3 is 10.1 Å². The smallest absolute Gasteiger partial charge is 0.416 e. The number of thioether (sulfide) groups is 1. The first-order chi connectivity index (χ1) is 14.7. The molecule has 0 saturated carbocycles. The van der Waals surface area contributed by atoms with Crippen LogP contribution in [0.4, 0.5) is 13.2 Å². The summed E-state index contributed by atoms with van der Waals surface area (Å²) in [7, 11) is 1.61. The number of ether oxygens (including phenoxy) is 1. The van der Waals surface area contributed by atoms with Crippen molar-refractivity contribution in [3.8, 4) is 5.75 Å². The van der Waals surface area contributed by atoms with E-state index in [0.717, 1.165) is 42.6 Å². The third-order valence-electron chi connectivity index (χ3n) is 5.34. The molecule has 1 amide bonds. The fourth-order valence-corrected chi connectivity index (χ4v) is 4.45. The third-order valence-corrected chi connectivity index (χ3v) is 6.45. The van der Waals surface area contributed by atoms with Crippen LogP contribution in [0.5, 0.6) is 5.75 Å². The lowest BCUT2D eigenvalue weighted by Crippen LogP contribution is -2.46. The number of likely N-dealkylation sites (tertiary alicyclic amines) is 1. The summed E-state index contributed by atoms with van der Waals surface area (Å²) in [5.41, 5.74) is 0.0392. The molecule has 1 heterocycles. The summed E-state index contributed by atoms with van der Waals surface area (Å²) in [6.07, 6.45) is -2.76. The van der Waals surface area contributed by atoms with Crippen LogP contribution in [-0.2, 0) is 17.5 Å². The first-order valence-electron chi connectivity index (χ1n) is 10.2. The first-order valence-corrected chi connectivity index (χ1v) is 11.1. The highest BCUT2D eigenvalue weighted by molar-refractivity contribution is 8.00. The Kier molecular flexibility index (Phi) is 7.89. The number of carbonyl (C=O) groups excluding carboxylic acids is 1. The Balaban J connectivity index is 1.44. The zero-order valence-electron chi connectivity index (χ0n) is 17.6. The molecule has 168 valence electrons. The molecule has 3 rings (SSSR count). The van der Waals surface area contributed by atoms with Gasteiger partial charge in [-0.3, -0.25) is 9.69 Å². The van der Waals surface area contributed by atoms with E-state index in [4.69, 9.17) is 4.74 Å². The van der Waals surface area contributed by atoms with E-state index >= 15 is 0 Å². The van der Waals surface area contributed by atoms with Crippen molar-refractivity contribution < 1.29 is 22.7 Å². The SMILES string of the molecule is COc1ccc(SC(C)C(=O)NC2CCN(Cc3cccc(C(F)(F)F)c3)CC2)cc1. The summed E-state index contributed by atoms with van der Waals surface area (Å²) in [4.78, 5) is 15.7. The van der Waals surface area contributed by atoms with Gasteiger partial charge in [-0.1, -0.05) is 18.2 Å². The maximum Gasteiger partial charge on any atom is 0.416 e. The number of carbonyl (C=O) groups is 1. The molecule has 0 bridgehead atoms. The molecular weight excluding hydrogens is 425 g/mol. The highest BCUT2D eigenvalue weighted by Crippen LogP contribution is 2.30. The molecule has 31 heavy (non-hydrogen) atoms. The second-order valence-corrected chi connectivity index (χ2v) is 9.11. The van der Waals surface area contributed by atoms with E-state index in [-0.39, 0.29) is 17.2 Å². The summed E-state index contributed by atoms with van der Waals surface area (Å²) in [5, 5.41) is 2.89. The summed E-state index contributed by atoms with van der Waals surface area (Å²) < 4.78 is 43.8. The first kappa shape index (κ1) is 23.5. The molecule has 1 aliphatic rings. The van der Waals surface area contributed by atoms with Crippen LogP contribution in [0.25, 0.3) is 0 Å². The maximum atomic E-state index is 12.9. The molecule has 0 aromatic heterocycles. The number of hydrogen-bond acceptors (Lipinski definition) is 4. The summed E-state index contributed by atoms with van der Waals surface area (Å²) in [5.74, 6) is 0.774. The summed E-state index contributed by atoms with van der Waals surface area (Å²) >= 11 is 1.50. The van der Waals surface area contributed by atoms with E-state index in [2.05, 4.69) is 10.2 Å². The van der Waals surface area contributed by atoms with Gasteiger partial charge in [0, 0.05) is 30.6 Å². The molecule has 2 aromatic rings. The third kappa shape index (κ3) is 6.90. The zero-order valence-corrected chi connectivity index (χ0v) is 18.4. The summed E-state index contributed by atoms with van der Waals surface area (Å²) in [6.45, 7) is 3.84. The van der Waals surface area contributed by atoms with Crippen LogP contribution in [-0.4, -0.2) is 42.3 Å². The molecule has 1 aliphatic heterocycles. The number of alkyl halides is 3. The van der Waals surface area contributed by atoms with Crippen molar-refractivity contribution in [2.24, 2.45) is 0 Å². The molecule has 2 aromatic carbocycles. The van der Waals surface area contributed by atoms with Crippen molar-refractivity contribution in [2.75, 3.05) is 20.2 Å². The number of halogens is 3. The van der Waals surface area contributed by atoms with Gasteiger partial charge in [0.1, 0.15) is 5.75 Å². The molecule has 4 nitrogen and oxygen atoms in total. The highest BCUT2D eigenvalue weighted by atomic mass is 32.2. The van der Waals surface area contributed by atoms with Crippen LogP contribution in [0.3, 0.4) is 0 Å². The maximum absolute atomic E-state index is 12.9. The fourth-order valence-electron chi connectivity index (χ4n) is 3.57. The minimum atomic E-state index is -4.33. The largest absolute Gasteiger partial charge is 0.497 e. The molecule has 0 radical (unpaired) electrons. The minimum absolute atomic E-state index is 0.00264. The van der Waals surface area contributed by atoms with Gasteiger partial charge in [-0.25, -0.2) is 0 Å². The molecule has 1 fully saturated rings. The topological polar surface area (TPSA) is 41.6 Å². The van der Waals surface area contributed by atoms with Crippen molar-refractivity contribution >= 4 is 17.7 Å². The molecule has 0 aliphatic carbocycles. The van der Waals surface area contributed by atoms with Gasteiger partial charge in [0.15, 0.2) is 0 Å². The Bertz CT molecular complexity index is 866. The second-order valence-electron chi connectivity index (χ2n) is 7.69. The number of nitrogens with zero attached hydrogens (tertiary/aromatic N) is 1. The molecule has 8 heteroatoms. The van der Waals surface area contributed by atoms with E-state index in [1.165, 1.54) is 23.9 Å². The van der Waals surface area contributed by atoms with Crippen LogP contribution in [0.1, 0.15) is 30.9 Å². The number of piperidine rings is 1. The van der Waals surface area contributed by atoms with E-state index in [1.54, 1.807) is 13.2 Å². The van der Waals surface area contributed by atoms with Gasteiger partial charge in [-0.15, -0.1) is 11.8 Å². The molecule has 0 spiro atoms. The van der Waals surface area contributed by atoms with E-state index in [9.17, 15) is 18.0 Å². The minimum Gasteiger partial charge on any atom is -0.497 e. The number of hydrogen-bond donors (Lipinski definition) is 1. The van der Waals surface area contributed by atoms with Crippen molar-refractivity contribution in [2.45, 2.75) is 48.7 Å². The number of amides is 1. The molecule has 1 saturated heterocycles. The normalized spacial score (nSPS) is 16.7. The second kappa shape index (κ2) is 10.4. The fraction of sp³-hybridized carbons (Fsp3) is 0.435. The lowest BCUT2D eigenvalue weighted by atomic mass is 10.0. The Morgan fingerprint density at radius 2 is 1.87 bits per heavy atom. The Morgan fingerprint density at radius 3 is 2.48 bits per heavy atom. The van der Waals surface area contributed by atoms with Crippen molar-refractivity contribution in [1.82, 2.24) is 10.2 Å². The van der Waals surface area contributed by atoms with Crippen molar-refractivity contribution in [3.05, 3.63) is 59.7 Å². The van der Waals surface area contributed by atoms with Gasteiger partial charge in [0.2, 0.25) is 5.91 Å². The van der Waals surface area contributed by atoms with Gasteiger partial charge in [0.05, 0.1) is 17.9 Å². The molecule has 1 atom stereocenters. The Hall–Kier alpha value is -2.19. The molecule has 1 N–H and O–H groups in total. The zero-order chi connectivity index (χ0) is 22.4. The monoisotopic (exact) mass is 452 g/mol. The highest BCUT2D eigenvalue weighted by Gasteiger charge is 2.30. The van der Waals surface area contributed by atoms with Crippen LogP contribution in [0.2, 0.25) is 0 Å². The molecular formula is C23H27F3N2O2S. The molecule has 1 unspecified atom stereocenters. The number of benzene rings is 2. The van der Waals surface area contributed by atoms with Crippen LogP contribution >= 0.6 is 11.8 Å². The predicted molar refractivity (Wildman–Crippen MR) is 116 cm³/mol. The average molecular weight is 453 g/mol. The van der Waals surface area contributed by atoms with Gasteiger partial charge in [-0.2, -0.15) is 13.2 Å². The van der Waals surface area contributed by atoms with E-state index < -0.39 is 11.7 Å². The van der Waals surface area contributed by atoms with Crippen LogP contribution in [0.15, 0.2) is 53.4 Å². The number of rotatable bonds is 7. The lowest BCUT2D eigenvalue weighted by Gasteiger charge is -2.33. The standard InChI is InChI=1S/C23H27F3N2O2S/c1-16(31-21-8-6-20(30-2)7-9-21)22(29)27-19-10-12-28(13-11-19)15-17-4-3-5-18(14-17)23(24,25)26/h3-9,14,16,19H,10-13,15H2,1-2H3,(H,27,29). The Morgan fingerprint density at radius 1 is 1.19 bits per heavy atom. The van der Waals surface area contributed by atoms with E-state index in [1.807, 2.05) is 31.2 Å². The number of methoxy groups -OCH3 is 1. The lowest BCUT2D eigenvalue weighted by molar-refractivity contribution is -0.137. The van der Waals surface area contributed by atoms with Crippen LogP contribution < -0.4 is 10.1 Å². The Labute approximate surface area is 185 Å². The summed E-state index contributed by atoms with van der Waals surface area (Å²) in [6, 6.07) is 13.2.